The molecule has 0 bridgehead atoms. The maximum absolute atomic E-state index is 14.1. The largest absolute Gasteiger partial charge is 0.491 e. The number of hydrogen-bond donors (Lipinski definition) is 3. The minimum absolute atomic E-state index is 0.118. The van der Waals surface area contributed by atoms with Crippen molar-refractivity contribution < 1.29 is 19.1 Å². The average Bonchev–Trinajstić information content (AvgIpc) is 2.70. The first-order valence-corrected chi connectivity index (χ1v) is 8.43. The van der Waals surface area contributed by atoms with Crippen molar-refractivity contribution in [1.29, 1.82) is 0 Å². The third-order valence-electron chi connectivity index (χ3n) is 3.71. The van der Waals surface area contributed by atoms with Crippen LogP contribution >= 0.6 is 0 Å². The van der Waals surface area contributed by atoms with Crippen molar-refractivity contribution in [3.63, 3.8) is 0 Å². The summed E-state index contributed by atoms with van der Waals surface area (Å²) < 4.78 is 24.6. The van der Waals surface area contributed by atoms with Gasteiger partial charge in [-0.25, -0.2) is 14.4 Å². The molecule has 0 amide bonds. The Morgan fingerprint density at radius 2 is 1.96 bits per heavy atom. The van der Waals surface area contributed by atoms with E-state index in [0.717, 1.165) is 6.20 Å². The van der Waals surface area contributed by atoms with Gasteiger partial charge < -0.3 is 20.5 Å². The fourth-order valence-corrected chi connectivity index (χ4v) is 2.35. The van der Waals surface area contributed by atoms with Gasteiger partial charge in [-0.3, -0.25) is 5.21 Å². The Morgan fingerprint density at radius 3 is 2.68 bits per heavy atom. The molecule has 9 heteroatoms. The average molecular weight is 385 g/mol. The van der Waals surface area contributed by atoms with Crippen LogP contribution in [0.1, 0.15) is 0 Å². The Hall–Kier alpha value is -3.43. The predicted molar refractivity (Wildman–Crippen MR) is 104 cm³/mol. The van der Waals surface area contributed by atoms with E-state index >= 15 is 0 Å². The molecular weight excluding hydrogens is 365 g/mol. The third kappa shape index (κ3) is 4.84. The molecule has 8 nitrogen and oxygen atoms in total. The van der Waals surface area contributed by atoms with Gasteiger partial charge in [0, 0.05) is 18.5 Å². The molecule has 0 spiro atoms. The normalized spacial score (nSPS) is 10.5. The van der Waals surface area contributed by atoms with E-state index in [4.69, 9.17) is 15.2 Å². The van der Waals surface area contributed by atoms with Crippen molar-refractivity contribution in [3.8, 4) is 5.75 Å². The topological polar surface area (TPSA) is 106 Å². The summed E-state index contributed by atoms with van der Waals surface area (Å²) in [6.45, 7) is 0.945. The van der Waals surface area contributed by atoms with E-state index in [2.05, 4.69) is 15.3 Å². The Bertz CT molecular complexity index is 924. The van der Waals surface area contributed by atoms with Gasteiger partial charge in [0.2, 0.25) is 5.95 Å². The first kappa shape index (κ1) is 19.3. The van der Waals surface area contributed by atoms with Crippen molar-refractivity contribution >= 4 is 28.8 Å². The molecule has 1 aromatic heterocycles. The first-order valence-electron chi connectivity index (χ1n) is 8.43. The Morgan fingerprint density at radius 1 is 1.18 bits per heavy atom. The lowest BCUT2D eigenvalue weighted by atomic mass is 10.3. The third-order valence-corrected chi connectivity index (χ3v) is 3.71. The van der Waals surface area contributed by atoms with E-state index in [9.17, 15) is 9.60 Å². The monoisotopic (exact) mass is 385 g/mol. The van der Waals surface area contributed by atoms with Gasteiger partial charge in [-0.15, -0.1) is 0 Å². The fraction of sp³-hybridized carbons (Fsp3) is 0.158. The van der Waals surface area contributed by atoms with Gasteiger partial charge in [-0.2, -0.15) is 4.98 Å². The number of benzene rings is 2. The molecule has 0 atom stereocenters. The standard InChI is InChI=1S/C19H20FN5O3/c1-27-9-10-28-16-7-5-14(6-8-16)23-19-22-12-17(20)18(24-19)25(26)15-4-2-3-13(21)11-15/h2-8,11-12,26H,9-10,21H2,1H3,(H,22,23,24). The van der Waals surface area contributed by atoms with Gasteiger partial charge >= 0.3 is 0 Å². The molecule has 1 heterocycles. The summed E-state index contributed by atoms with van der Waals surface area (Å²) in [5.74, 6) is -0.279. The zero-order chi connectivity index (χ0) is 19.9. The molecule has 4 N–H and O–H groups in total. The van der Waals surface area contributed by atoms with Gasteiger partial charge in [0.05, 0.1) is 18.5 Å². The highest BCUT2D eigenvalue weighted by atomic mass is 19.1. The minimum atomic E-state index is -0.780. The second-order valence-electron chi connectivity index (χ2n) is 5.76. The smallest absolute Gasteiger partial charge is 0.229 e. The molecule has 3 rings (SSSR count). The number of ether oxygens (including phenoxy) is 2. The number of nitrogen functional groups attached to an aromatic ring is 1. The molecular formula is C19H20FN5O3. The summed E-state index contributed by atoms with van der Waals surface area (Å²) in [5.41, 5.74) is 7.08. The van der Waals surface area contributed by atoms with E-state index in [1.165, 1.54) is 6.07 Å². The lowest BCUT2D eigenvalue weighted by molar-refractivity contribution is 0.146. The van der Waals surface area contributed by atoms with Crippen LogP contribution in [0.2, 0.25) is 0 Å². The highest BCUT2D eigenvalue weighted by molar-refractivity contribution is 5.63. The first-order chi connectivity index (χ1) is 13.6. The van der Waals surface area contributed by atoms with Crippen LogP contribution in [0.25, 0.3) is 0 Å². The second-order valence-corrected chi connectivity index (χ2v) is 5.76. The summed E-state index contributed by atoms with van der Waals surface area (Å²) in [6, 6.07) is 13.4. The predicted octanol–water partition coefficient (Wildman–Crippen LogP) is 3.49. The van der Waals surface area contributed by atoms with E-state index in [-0.39, 0.29) is 17.5 Å². The molecule has 0 saturated heterocycles. The number of aromatic nitrogens is 2. The maximum atomic E-state index is 14.1. The molecule has 0 aliphatic rings. The number of hydrogen-bond acceptors (Lipinski definition) is 8. The van der Waals surface area contributed by atoms with Crippen LogP contribution in [0.3, 0.4) is 0 Å². The van der Waals surface area contributed by atoms with Gasteiger partial charge in [0.1, 0.15) is 12.4 Å². The van der Waals surface area contributed by atoms with Crippen LogP contribution in [0.5, 0.6) is 5.75 Å². The zero-order valence-electron chi connectivity index (χ0n) is 15.2. The molecule has 0 unspecified atom stereocenters. The lowest BCUT2D eigenvalue weighted by Gasteiger charge is -2.17. The molecule has 28 heavy (non-hydrogen) atoms. The van der Waals surface area contributed by atoms with Gasteiger partial charge in [0.25, 0.3) is 0 Å². The van der Waals surface area contributed by atoms with Crippen LogP contribution < -0.4 is 20.9 Å². The van der Waals surface area contributed by atoms with Gasteiger partial charge in [-0.1, -0.05) is 6.07 Å². The molecule has 0 aliphatic heterocycles. The summed E-state index contributed by atoms with van der Waals surface area (Å²) >= 11 is 0. The zero-order valence-corrected chi connectivity index (χ0v) is 15.2. The minimum Gasteiger partial charge on any atom is -0.491 e. The number of nitrogens with one attached hydrogen (secondary N) is 1. The number of halogens is 1. The summed E-state index contributed by atoms with van der Waals surface area (Å²) in [4.78, 5) is 7.95. The van der Waals surface area contributed by atoms with E-state index in [1.54, 1.807) is 49.6 Å². The lowest BCUT2D eigenvalue weighted by Crippen LogP contribution is -2.15. The van der Waals surface area contributed by atoms with E-state index < -0.39 is 5.82 Å². The van der Waals surface area contributed by atoms with Crippen LogP contribution in [-0.2, 0) is 4.74 Å². The summed E-state index contributed by atoms with van der Waals surface area (Å²) in [7, 11) is 1.60. The highest BCUT2D eigenvalue weighted by Crippen LogP contribution is 2.27. The number of nitrogens with two attached hydrogens (primary N) is 1. The molecule has 0 saturated carbocycles. The van der Waals surface area contributed by atoms with Crippen LogP contribution in [-0.4, -0.2) is 35.5 Å². The molecule has 0 aliphatic carbocycles. The van der Waals surface area contributed by atoms with E-state index in [0.29, 0.717) is 35.4 Å². The Balaban J connectivity index is 1.74. The molecule has 0 fully saturated rings. The van der Waals surface area contributed by atoms with Crippen LogP contribution in [0.4, 0.5) is 33.2 Å². The molecule has 2 aromatic carbocycles. The number of methoxy groups -OCH3 is 1. The SMILES string of the molecule is COCCOc1ccc(Nc2ncc(F)c(N(O)c3cccc(N)c3)n2)cc1. The fourth-order valence-electron chi connectivity index (χ4n) is 2.35. The van der Waals surface area contributed by atoms with E-state index in [1.807, 2.05) is 0 Å². The Kier molecular flexibility index (Phi) is 6.20. The van der Waals surface area contributed by atoms with Crippen LogP contribution in [0.15, 0.2) is 54.7 Å². The number of anilines is 5. The number of rotatable bonds is 8. The van der Waals surface area contributed by atoms with Crippen molar-refractivity contribution in [2.45, 2.75) is 0 Å². The van der Waals surface area contributed by atoms with Crippen molar-refractivity contribution in [2.24, 2.45) is 0 Å². The number of nitrogens with zero attached hydrogens (tertiary/aromatic N) is 3. The summed E-state index contributed by atoms with van der Waals surface area (Å²) in [5, 5.41) is 13.9. The van der Waals surface area contributed by atoms with Gasteiger partial charge in [0.15, 0.2) is 11.6 Å². The quantitative estimate of drug-likeness (QED) is 0.307. The van der Waals surface area contributed by atoms with Crippen LogP contribution in [0, 0.1) is 5.82 Å². The molecule has 3 aromatic rings. The summed E-state index contributed by atoms with van der Waals surface area (Å²) in [6.07, 6.45) is 0.975. The van der Waals surface area contributed by atoms with Gasteiger partial charge in [-0.05, 0) is 42.5 Å². The second kappa shape index (κ2) is 8.98. The van der Waals surface area contributed by atoms with Crippen molar-refractivity contribution in [3.05, 3.63) is 60.5 Å². The molecule has 146 valence electrons. The highest BCUT2D eigenvalue weighted by Gasteiger charge is 2.15. The Labute approximate surface area is 161 Å². The van der Waals surface area contributed by atoms with Crippen molar-refractivity contribution in [2.75, 3.05) is 36.4 Å². The molecule has 0 radical (unpaired) electrons. The van der Waals surface area contributed by atoms with Crippen molar-refractivity contribution in [1.82, 2.24) is 9.97 Å². The maximum Gasteiger partial charge on any atom is 0.229 e.